The van der Waals surface area contributed by atoms with E-state index in [9.17, 15) is 4.79 Å². The second-order valence-electron chi connectivity index (χ2n) is 4.39. The molecule has 0 aliphatic heterocycles. The van der Waals surface area contributed by atoms with E-state index in [1.807, 2.05) is 12.1 Å². The zero-order valence-corrected chi connectivity index (χ0v) is 11.1. The quantitative estimate of drug-likeness (QED) is 0.693. The first kappa shape index (κ1) is 14.5. The summed E-state index contributed by atoms with van der Waals surface area (Å²) in [5.41, 5.74) is 1.63. The minimum atomic E-state index is -0.155. The van der Waals surface area contributed by atoms with Crippen molar-refractivity contribution >= 4 is 11.6 Å². The van der Waals surface area contributed by atoms with Gasteiger partial charge in [-0.2, -0.15) is 0 Å². The summed E-state index contributed by atoms with van der Waals surface area (Å²) < 4.78 is 0. The number of amides is 1. The lowest BCUT2D eigenvalue weighted by atomic mass is 10.1. The molecule has 0 aliphatic carbocycles. The molecule has 0 aliphatic rings. The van der Waals surface area contributed by atoms with Crippen LogP contribution in [0.3, 0.4) is 0 Å². The van der Waals surface area contributed by atoms with Gasteiger partial charge in [0.1, 0.15) is 0 Å². The Morgan fingerprint density at radius 1 is 1.33 bits per heavy atom. The summed E-state index contributed by atoms with van der Waals surface area (Å²) in [5.74, 6) is -0.155. The highest BCUT2D eigenvalue weighted by atomic mass is 16.3. The van der Waals surface area contributed by atoms with Gasteiger partial charge in [0.2, 0.25) is 0 Å². The van der Waals surface area contributed by atoms with Crippen molar-refractivity contribution in [1.29, 1.82) is 0 Å². The number of anilines is 1. The molecule has 0 spiro atoms. The van der Waals surface area contributed by atoms with Crippen molar-refractivity contribution in [2.75, 3.05) is 18.5 Å². The average molecular weight is 250 g/mol. The average Bonchev–Trinajstić information content (AvgIpc) is 2.37. The maximum Gasteiger partial charge on any atom is 0.251 e. The Bertz CT molecular complexity index is 363. The number of hydrogen-bond acceptors (Lipinski definition) is 3. The molecule has 0 saturated carbocycles. The highest BCUT2D eigenvalue weighted by molar-refractivity contribution is 5.94. The van der Waals surface area contributed by atoms with Crippen molar-refractivity contribution < 1.29 is 9.90 Å². The van der Waals surface area contributed by atoms with Crippen LogP contribution < -0.4 is 10.6 Å². The monoisotopic (exact) mass is 250 g/mol. The molecule has 1 atom stereocenters. The number of carbonyl (C=O) groups excluding carboxylic acids is 1. The van der Waals surface area contributed by atoms with E-state index in [1.165, 1.54) is 0 Å². The topological polar surface area (TPSA) is 61.4 Å². The molecule has 0 radical (unpaired) electrons. The third-order valence-corrected chi connectivity index (χ3v) is 2.68. The van der Waals surface area contributed by atoms with Crippen molar-refractivity contribution in [2.24, 2.45) is 0 Å². The zero-order valence-electron chi connectivity index (χ0n) is 11.1. The number of rotatable bonds is 7. The van der Waals surface area contributed by atoms with E-state index in [0.717, 1.165) is 18.5 Å². The minimum absolute atomic E-state index is 0.0418. The van der Waals surface area contributed by atoms with E-state index in [-0.39, 0.29) is 19.1 Å². The summed E-state index contributed by atoms with van der Waals surface area (Å²) in [6.07, 6.45) is 2.27. The maximum absolute atomic E-state index is 11.6. The van der Waals surface area contributed by atoms with Gasteiger partial charge >= 0.3 is 0 Å². The number of benzene rings is 1. The van der Waals surface area contributed by atoms with Gasteiger partial charge < -0.3 is 15.7 Å². The Morgan fingerprint density at radius 2 is 2.00 bits per heavy atom. The van der Waals surface area contributed by atoms with E-state index in [0.29, 0.717) is 11.6 Å². The molecule has 0 bridgehead atoms. The first-order valence-corrected chi connectivity index (χ1v) is 6.43. The number of aliphatic hydroxyl groups excluding tert-OH is 1. The molecule has 0 saturated heterocycles. The fourth-order valence-corrected chi connectivity index (χ4v) is 1.78. The molecule has 3 N–H and O–H groups in total. The van der Waals surface area contributed by atoms with Gasteiger partial charge in [0, 0.05) is 23.8 Å². The first-order chi connectivity index (χ1) is 8.67. The van der Waals surface area contributed by atoms with E-state index >= 15 is 0 Å². The Kier molecular flexibility index (Phi) is 6.22. The van der Waals surface area contributed by atoms with Crippen LogP contribution in [0.4, 0.5) is 5.69 Å². The van der Waals surface area contributed by atoms with Gasteiger partial charge in [-0.25, -0.2) is 0 Å². The van der Waals surface area contributed by atoms with Crippen LogP contribution in [0.15, 0.2) is 24.3 Å². The summed E-state index contributed by atoms with van der Waals surface area (Å²) >= 11 is 0. The van der Waals surface area contributed by atoms with Crippen LogP contribution in [0.5, 0.6) is 0 Å². The summed E-state index contributed by atoms with van der Waals surface area (Å²) in [4.78, 5) is 11.6. The standard InChI is InChI=1S/C14H22N2O2/c1-3-4-11(2)16-13-7-5-12(6-8-13)14(18)15-9-10-17/h5-8,11,16-17H,3-4,9-10H2,1-2H3,(H,15,18). The van der Waals surface area contributed by atoms with Gasteiger partial charge in [-0.15, -0.1) is 0 Å². The lowest BCUT2D eigenvalue weighted by Crippen LogP contribution is -2.26. The molecule has 1 rings (SSSR count). The predicted molar refractivity (Wildman–Crippen MR) is 73.9 cm³/mol. The van der Waals surface area contributed by atoms with Crippen LogP contribution in [0.2, 0.25) is 0 Å². The largest absolute Gasteiger partial charge is 0.395 e. The van der Waals surface area contributed by atoms with Crippen LogP contribution in [0, 0.1) is 0 Å². The van der Waals surface area contributed by atoms with Crippen LogP contribution in [-0.2, 0) is 0 Å². The Balaban J connectivity index is 2.54. The van der Waals surface area contributed by atoms with Crippen LogP contribution in [0.25, 0.3) is 0 Å². The van der Waals surface area contributed by atoms with Gasteiger partial charge in [0.05, 0.1) is 6.61 Å². The number of hydrogen-bond donors (Lipinski definition) is 3. The number of carbonyl (C=O) groups is 1. The molecule has 4 nitrogen and oxygen atoms in total. The van der Waals surface area contributed by atoms with Crippen molar-refractivity contribution in [3.8, 4) is 0 Å². The first-order valence-electron chi connectivity index (χ1n) is 6.43. The highest BCUT2D eigenvalue weighted by Crippen LogP contribution is 2.12. The summed E-state index contributed by atoms with van der Waals surface area (Å²) in [6, 6.07) is 7.81. The van der Waals surface area contributed by atoms with Crippen molar-refractivity contribution in [3.63, 3.8) is 0 Å². The lowest BCUT2D eigenvalue weighted by Gasteiger charge is -2.14. The molecule has 18 heavy (non-hydrogen) atoms. The van der Waals surface area contributed by atoms with Crippen molar-refractivity contribution in [2.45, 2.75) is 32.7 Å². The molecule has 100 valence electrons. The molecule has 0 heterocycles. The van der Waals surface area contributed by atoms with E-state index in [1.54, 1.807) is 12.1 Å². The van der Waals surface area contributed by atoms with Crippen LogP contribution in [0.1, 0.15) is 37.0 Å². The smallest absolute Gasteiger partial charge is 0.251 e. The molecule has 4 heteroatoms. The molecule has 0 aromatic heterocycles. The van der Waals surface area contributed by atoms with Crippen LogP contribution >= 0.6 is 0 Å². The van der Waals surface area contributed by atoms with Crippen molar-refractivity contribution in [1.82, 2.24) is 5.32 Å². The van der Waals surface area contributed by atoms with Crippen molar-refractivity contribution in [3.05, 3.63) is 29.8 Å². The Hall–Kier alpha value is -1.55. The lowest BCUT2D eigenvalue weighted by molar-refractivity contribution is 0.0945. The normalized spacial score (nSPS) is 11.9. The molecule has 1 unspecified atom stereocenters. The van der Waals surface area contributed by atoms with Gasteiger partial charge in [0.15, 0.2) is 0 Å². The fourth-order valence-electron chi connectivity index (χ4n) is 1.78. The zero-order chi connectivity index (χ0) is 13.4. The molecular weight excluding hydrogens is 228 g/mol. The Labute approximate surface area is 108 Å². The van der Waals surface area contributed by atoms with Gasteiger partial charge in [0.25, 0.3) is 5.91 Å². The second kappa shape index (κ2) is 7.71. The summed E-state index contributed by atoms with van der Waals surface area (Å²) in [6.45, 7) is 4.55. The molecule has 1 amide bonds. The maximum atomic E-state index is 11.6. The van der Waals surface area contributed by atoms with E-state index < -0.39 is 0 Å². The van der Waals surface area contributed by atoms with Crippen LogP contribution in [-0.4, -0.2) is 30.2 Å². The molecule has 0 fully saturated rings. The minimum Gasteiger partial charge on any atom is -0.395 e. The third kappa shape index (κ3) is 4.75. The third-order valence-electron chi connectivity index (χ3n) is 2.68. The number of aliphatic hydroxyl groups is 1. The van der Waals surface area contributed by atoms with Gasteiger partial charge in [-0.05, 0) is 37.6 Å². The molecule has 1 aromatic carbocycles. The predicted octanol–water partition coefficient (Wildman–Crippen LogP) is 2.01. The SMILES string of the molecule is CCCC(C)Nc1ccc(C(=O)NCCO)cc1. The van der Waals surface area contributed by atoms with Gasteiger partial charge in [-0.1, -0.05) is 13.3 Å². The summed E-state index contributed by atoms with van der Waals surface area (Å²) in [5, 5.41) is 14.6. The molecular formula is C14H22N2O2. The summed E-state index contributed by atoms with van der Waals surface area (Å²) in [7, 11) is 0. The van der Waals surface area contributed by atoms with E-state index in [2.05, 4.69) is 24.5 Å². The number of nitrogens with one attached hydrogen (secondary N) is 2. The van der Waals surface area contributed by atoms with E-state index in [4.69, 9.17) is 5.11 Å². The Morgan fingerprint density at radius 3 is 2.56 bits per heavy atom. The van der Waals surface area contributed by atoms with Gasteiger partial charge in [-0.3, -0.25) is 4.79 Å². The fraction of sp³-hybridized carbons (Fsp3) is 0.500. The highest BCUT2D eigenvalue weighted by Gasteiger charge is 2.05. The molecule has 1 aromatic rings. The second-order valence-corrected chi connectivity index (χ2v) is 4.39.